The summed E-state index contributed by atoms with van der Waals surface area (Å²) in [6.45, 7) is 1.90. The predicted molar refractivity (Wildman–Crippen MR) is 91.1 cm³/mol. The van der Waals surface area contributed by atoms with E-state index >= 15 is 0 Å². The molecule has 1 unspecified atom stereocenters. The fraction of sp³-hybridized carbons (Fsp3) is 0.188. The summed E-state index contributed by atoms with van der Waals surface area (Å²) in [6.07, 6.45) is 0. The van der Waals surface area contributed by atoms with Crippen LogP contribution in [0.1, 0.15) is 22.8 Å². The number of hydrogen-bond donors (Lipinski definition) is 1. The summed E-state index contributed by atoms with van der Waals surface area (Å²) in [5.41, 5.74) is 0.797. The van der Waals surface area contributed by atoms with E-state index in [0.717, 1.165) is 10.0 Å². The van der Waals surface area contributed by atoms with Crippen LogP contribution in [0, 0.1) is 0 Å². The maximum Gasteiger partial charge on any atom is 0.252 e. The summed E-state index contributed by atoms with van der Waals surface area (Å²) in [5.74, 6) is 0.0509. The van der Waals surface area contributed by atoms with Crippen molar-refractivity contribution in [3.8, 4) is 0 Å². The predicted octanol–water partition coefficient (Wildman–Crippen LogP) is 4.99. The van der Waals surface area contributed by atoms with Gasteiger partial charge in [-0.3, -0.25) is 4.79 Å². The van der Waals surface area contributed by atoms with Crippen molar-refractivity contribution >= 4 is 45.0 Å². The van der Waals surface area contributed by atoms with Crippen LogP contribution >= 0.6 is 39.1 Å². The van der Waals surface area contributed by atoms with Crippen LogP contribution in [-0.4, -0.2) is 11.8 Å². The molecular formula is C16H14BrCl2NO. The minimum absolute atomic E-state index is 0.217. The average molecular weight is 387 g/mol. The van der Waals surface area contributed by atoms with Gasteiger partial charge in [-0.05, 0) is 30.7 Å². The summed E-state index contributed by atoms with van der Waals surface area (Å²) in [4.78, 5) is 12.4. The Bertz CT molecular complexity index is 628. The lowest BCUT2D eigenvalue weighted by molar-refractivity contribution is 0.0913. The number of hydrogen-bond acceptors (Lipinski definition) is 1. The molecule has 5 heteroatoms. The lowest BCUT2D eigenvalue weighted by atomic mass is 9.93. The van der Waals surface area contributed by atoms with Crippen LogP contribution in [0.15, 0.2) is 53.0 Å². The first-order valence-corrected chi connectivity index (χ1v) is 8.05. The van der Waals surface area contributed by atoms with Crippen molar-refractivity contribution in [2.75, 3.05) is 5.88 Å². The molecule has 0 aliphatic carbocycles. The molecule has 0 bridgehead atoms. The van der Waals surface area contributed by atoms with Crippen LogP contribution in [-0.2, 0) is 5.54 Å². The van der Waals surface area contributed by atoms with Crippen molar-refractivity contribution in [3.63, 3.8) is 0 Å². The van der Waals surface area contributed by atoms with E-state index in [4.69, 9.17) is 23.2 Å². The summed E-state index contributed by atoms with van der Waals surface area (Å²) >= 11 is 15.4. The van der Waals surface area contributed by atoms with Crippen LogP contribution < -0.4 is 5.32 Å². The first-order valence-electron chi connectivity index (χ1n) is 6.35. The second-order valence-corrected chi connectivity index (χ2v) is 6.56. The van der Waals surface area contributed by atoms with Crippen LogP contribution in [0.3, 0.4) is 0 Å². The standard InChI is InChI=1S/C16H14BrCl2NO/c1-16(10-18,12-5-3-2-4-6-12)20-15(21)11-7-13(17)9-14(19)8-11/h2-9H,10H2,1H3,(H,20,21). The fourth-order valence-electron chi connectivity index (χ4n) is 2.00. The second-order valence-electron chi connectivity index (χ2n) is 4.94. The zero-order valence-electron chi connectivity index (χ0n) is 11.4. The van der Waals surface area contributed by atoms with Crippen molar-refractivity contribution < 1.29 is 4.79 Å². The summed E-state index contributed by atoms with van der Waals surface area (Å²) in [5, 5.41) is 3.48. The highest BCUT2D eigenvalue weighted by atomic mass is 79.9. The Morgan fingerprint density at radius 3 is 2.48 bits per heavy atom. The third-order valence-corrected chi connectivity index (χ3v) is 4.40. The van der Waals surface area contributed by atoms with Gasteiger partial charge in [0.1, 0.15) is 0 Å². The van der Waals surface area contributed by atoms with Gasteiger partial charge in [0.25, 0.3) is 5.91 Å². The third kappa shape index (κ3) is 4.00. The van der Waals surface area contributed by atoms with E-state index in [2.05, 4.69) is 21.2 Å². The molecule has 0 saturated heterocycles. The second kappa shape index (κ2) is 6.82. The molecule has 21 heavy (non-hydrogen) atoms. The minimum Gasteiger partial charge on any atom is -0.342 e. The maximum atomic E-state index is 12.4. The van der Waals surface area contributed by atoms with E-state index in [1.54, 1.807) is 18.2 Å². The average Bonchev–Trinajstić information content (AvgIpc) is 2.47. The molecule has 2 rings (SSSR count). The quantitative estimate of drug-likeness (QED) is 0.737. The van der Waals surface area contributed by atoms with Crippen molar-refractivity contribution in [2.24, 2.45) is 0 Å². The monoisotopic (exact) mass is 385 g/mol. The van der Waals surface area contributed by atoms with Gasteiger partial charge >= 0.3 is 0 Å². The molecule has 1 N–H and O–H groups in total. The Labute approximate surface area is 142 Å². The van der Waals surface area contributed by atoms with E-state index in [1.807, 2.05) is 37.3 Å². The molecule has 110 valence electrons. The van der Waals surface area contributed by atoms with Crippen molar-refractivity contribution in [2.45, 2.75) is 12.5 Å². The first-order chi connectivity index (χ1) is 9.94. The third-order valence-electron chi connectivity index (χ3n) is 3.19. The molecule has 0 fully saturated rings. The smallest absolute Gasteiger partial charge is 0.252 e. The zero-order chi connectivity index (χ0) is 15.5. The molecule has 0 aliphatic rings. The van der Waals surface area contributed by atoms with Gasteiger partial charge in [0, 0.05) is 20.9 Å². The van der Waals surface area contributed by atoms with E-state index in [-0.39, 0.29) is 11.8 Å². The molecule has 1 atom stereocenters. The Hall–Kier alpha value is -1.03. The molecule has 0 heterocycles. The molecule has 2 nitrogen and oxygen atoms in total. The largest absolute Gasteiger partial charge is 0.342 e. The lowest BCUT2D eigenvalue weighted by Gasteiger charge is -2.29. The van der Waals surface area contributed by atoms with Gasteiger partial charge < -0.3 is 5.32 Å². The van der Waals surface area contributed by atoms with Crippen LogP contribution in [0.25, 0.3) is 0 Å². The van der Waals surface area contributed by atoms with Gasteiger partial charge in [0.2, 0.25) is 0 Å². The highest BCUT2D eigenvalue weighted by Crippen LogP contribution is 2.24. The SMILES string of the molecule is CC(CCl)(NC(=O)c1cc(Cl)cc(Br)c1)c1ccccc1. The van der Waals surface area contributed by atoms with E-state index in [1.165, 1.54) is 0 Å². The highest BCUT2D eigenvalue weighted by molar-refractivity contribution is 9.10. The Kier molecular flexibility index (Phi) is 5.31. The number of nitrogens with one attached hydrogen (secondary N) is 1. The number of amides is 1. The molecule has 0 aliphatic heterocycles. The van der Waals surface area contributed by atoms with Gasteiger partial charge in [0.15, 0.2) is 0 Å². The molecule has 0 aromatic heterocycles. The fourth-order valence-corrected chi connectivity index (χ4v) is 3.08. The summed E-state index contributed by atoms with van der Waals surface area (Å²) in [7, 11) is 0. The summed E-state index contributed by atoms with van der Waals surface area (Å²) in [6, 6.07) is 14.7. The molecule has 0 saturated carbocycles. The maximum absolute atomic E-state index is 12.4. The molecule has 0 radical (unpaired) electrons. The van der Waals surface area contributed by atoms with Gasteiger partial charge in [-0.2, -0.15) is 0 Å². The summed E-state index contributed by atoms with van der Waals surface area (Å²) < 4.78 is 0.757. The van der Waals surface area contributed by atoms with Crippen molar-refractivity contribution in [3.05, 3.63) is 69.2 Å². The number of carbonyl (C=O) groups is 1. The number of halogens is 3. The zero-order valence-corrected chi connectivity index (χ0v) is 14.5. The highest BCUT2D eigenvalue weighted by Gasteiger charge is 2.28. The molecule has 0 spiro atoms. The van der Waals surface area contributed by atoms with E-state index < -0.39 is 5.54 Å². The van der Waals surface area contributed by atoms with Crippen molar-refractivity contribution in [1.82, 2.24) is 5.32 Å². The normalized spacial score (nSPS) is 13.5. The molecule has 2 aromatic rings. The molecule has 1 amide bonds. The lowest BCUT2D eigenvalue weighted by Crippen LogP contribution is -2.45. The first kappa shape index (κ1) is 16.3. The van der Waals surface area contributed by atoms with Gasteiger partial charge in [-0.15, -0.1) is 11.6 Å². The van der Waals surface area contributed by atoms with Crippen molar-refractivity contribution in [1.29, 1.82) is 0 Å². The number of alkyl halides is 1. The van der Waals surface area contributed by atoms with Crippen LogP contribution in [0.4, 0.5) is 0 Å². The van der Waals surface area contributed by atoms with Gasteiger partial charge in [-0.25, -0.2) is 0 Å². The minimum atomic E-state index is -0.644. The van der Waals surface area contributed by atoms with Gasteiger partial charge in [0.05, 0.1) is 5.54 Å². The van der Waals surface area contributed by atoms with Crippen LogP contribution in [0.2, 0.25) is 5.02 Å². The number of benzene rings is 2. The molecular weight excluding hydrogens is 373 g/mol. The number of carbonyl (C=O) groups excluding carboxylic acids is 1. The van der Waals surface area contributed by atoms with Gasteiger partial charge in [-0.1, -0.05) is 57.9 Å². The topological polar surface area (TPSA) is 29.1 Å². The Balaban J connectivity index is 2.28. The Morgan fingerprint density at radius 1 is 1.24 bits per heavy atom. The Morgan fingerprint density at radius 2 is 1.90 bits per heavy atom. The van der Waals surface area contributed by atoms with E-state index in [0.29, 0.717) is 10.6 Å². The molecule has 2 aromatic carbocycles. The number of rotatable bonds is 4. The van der Waals surface area contributed by atoms with Crippen LogP contribution in [0.5, 0.6) is 0 Å². The van der Waals surface area contributed by atoms with E-state index in [9.17, 15) is 4.79 Å².